The van der Waals surface area contributed by atoms with Crippen molar-refractivity contribution in [2.24, 2.45) is 5.92 Å². The van der Waals surface area contributed by atoms with Crippen LogP contribution in [0.3, 0.4) is 0 Å². The highest BCUT2D eigenvalue weighted by Gasteiger charge is 2.40. The maximum atomic E-state index is 11.4. The molecule has 3 atom stereocenters. The molecule has 1 saturated heterocycles. The van der Waals surface area contributed by atoms with Crippen LogP contribution in [0.15, 0.2) is 24.3 Å². The first kappa shape index (κ1) is 10.7. The largest absolute Gasteiger partial charge is 0.466 e. The standard InChI is InChI=1S/C10H12O4S/c1-3-6-4-7(10(11)12-2)5-8-9(6)14-15-13-8/h3,5-6,8-9H,1,4H2,2H3/t6-,8-,9+/m1/s1. The fourth-order valence-corrected chi connectivity index (χ4v) is 2.44. The Hall–Kier alpha value is -0.780. The number of carbonyl (C=O) groups is 1. The number of methoxy groups -OCH3 is 1. The Morgan fingerprint density at radius 1 is 1.73 bits per heavy atom. The minimum Gasteiger partial charge on any atom is -0.466 e. The van der Waals surface area contributed by atoms with E-state index in [2.05, 4.69) is 11.3 Å². The molecule has 15 heavy (non-hydrogen) atoms. The molecule has 1 aliphatic carbocycles. The van der Waals surface area contributed by atoms with Crippen molar-refractivity contribution in [1.29, 1.82) is 0 Å². The Labute approximate surface area is 92.7 Å². The van der Waals surface area contributed by atoms with Crippen molar-refractivity contribution < 1.29 is 17.9 Å². The molecule has 2 aliphatic rings. The average Bonchev–Trinajstić information content (AvgIpc) is 2.74. The molecule has 0 unspecified atom stereocenters. The van der Waals surface area contributed by atoms with Crippen LogP contribution in [0.4, 0.5) is 0 Å². The van der Waals surface area contributed by atoms with Crippen molar-refractivity contribution >= 4 is 18.3 Å². The van der Waals surface area contributed by atoms with Crippen LogP contribution in [-0.4, -0.2) is 25.3 Å². The van der Waals surface area contributed by atoms with Gasteiger partial charge in [0.1, 0.15) is 12.2 Å². The summed E-state index contributed by atoms with van der Waals surface area (Å²) < 4.78 is 15.3. The molecular formula is C10H12O4S. The van der Waals surface area contributed by atoms with Crippen molar-refractivity contribution in [1.82, 2.24) is 0 Å². The van der Waals surface area contributed by atoms with Crippen LogP contribution in [-0.2, 0) is 17.9 Å². The summed E-state index contributed by atoms with van der Waals surface area (Å²) in [5, 5.41) is 0. The van der Waals surface area contributed by atoms with Gasteiger partial charge in [0.25, 0.3) is 0 Å². The van der Waals surface area contributed by atoms with Gasteiger partial charge in [0, 0.05) is 11.5 Å². The van der Waals surface area contributed by atoms with Crippen molar-refractivity contribution in [2.45, 2.75) is 18.6 Å². The molecule has 0 amide bonds. The van der Waals surface area contributed by atoms with Gasteiger partial charge < -0.3 is 4.74 Å². The van der Waals surface area contributed by atoms with Gasteiger partial charge in [0.05, 0.1) is 7.11 Å². The lowest BCUT2D eigenvalue weighted by Crippen LogP contribution is -2.34. The molecule has 1 heterocycles. The summed E-state index contributed by atoms with van der Waals surface area (Å²) in [4.78, 5) is 11.4. The van der Waals surface area contributed by atoms with Crippen LogP contribution in [0.5, 0.6) is 0 Å². The number of ether oxygens (including phenoxy) is 1. The minimum atomic E-state index is -0.305. The molecule has 1 fully saturated rings. The maximum absolute atomic E-state index is 11.4. The maximum Gasteiger partial charge on any atom is 0.333 e. The molecule has 0 radical (unpaired) electrons. The summed E-state index contributed by atoms with van der Waals surface area (Å²) in [6.45, 7) is 3.74. The SMILES string of the molecule is C=C[C@@H]1CC(C(=O)OC)=C[C@H]2OSO[C@@H]12. The van der Waals surface area contributed by atoms with E-state index in [1.54, 1.807) is 12.2 Å². The van der Waals surface area contributed by atoms with E-state index < -0.39 is 0 Å². The Bertz CT molecular complexity index is 313. The van der Waals surface area contributed by atoms with E-state index in [9.17, 15) is 4.79 Å². The Balaban J connectivity index is 2.21. The molecule has 0 aromatic carbocycles. The molecule has 5 heteroatoms. The number of rotatable bonds is 2. The van der Waals surface area contributed by atoms with Crippen LogP contribution >= 0.6 is 12.3 Å². The zero-order valence-corrected chi connectivity index (χ0v) is 9.16. The summed E-state index contributed by atoms with van der Waals surface area (Å²) in [5.74, 6) is -0.204. The topological polar surface area (TPSA) is 44.8 Å². The molecule has 4 nitrogen and oxygen atoms in total. The van der Waals surface area contributed by atoms with Gasteiger partial charge in [0.15, 0.2) is 12.3 Å². The fourth-order valence-electron chi connectivity index (χ4n) is 1.80. The number of fused-ring (bicyclic) bond motifs is 1. The summed E-state index contributed by atoms with van der Waals surface area (Å²) in [5.41, 5.74) is 0.634. The van der Waals surface area contributed by atoms with Crippen LogP contribution in [0.2, 0.25) is 0 Å². The van der Waals surface area contributed by atoms with Gasteiger partial charge in [0.2, 0.25) is 0 Å². The number of hydrogen-bond donors (Lipinski definition) is 0. The van der Waals surface area contributed by atoms with Crippen molar-refractivity contribution in [3.8, 4) is 0 Å². The molecule has 2 rings (SSSR count). The van der Waals surface area contributed by atoms with E-state index in [0.29, 0.717) is 12.0 Å². The van der Waals surface area contributed by atoms with Gasteiger partial charge in [-0.1, -0.05) is 6.08 Å². The predicted molar refractivity (Wildman–Crippen MR) is 55.7 cm³/mol. The minimum absolute atomic E-state index is 0.0408. The van der Waals surface area contributed by atoms with Crippen LogP contribution in [0, 0.1) is 5.92 Å². The van der Waals surface area contributed by atoms with Gasteiger partial charge >= 0.3 is 5.97 Å². The van der Waals surface area contributed by atoms with Crippen molar-refractivity contribution in [3.05, 3.63) is 24.3 Å². The molecule has 82 valence electrons. The van der Waals surface area contributed by atoms with E-state index in [-0.39, 0.29) is 24.1 Å². The van der Waals surface area contributed by atoms with Gasteiger partial charge in [-0.25, -0.2) is 4.79 Å². The lowest BCUT2D eigenvalue weighted by Gasteiger charge is -2.26. The zero-order valence-electron chi connectivity index (χ0n) is 8.34. The normalized spacial score (nSPS) is 34.2. The first-order valence-electron chi connectivity index (χ1n) is 4.66. The van der Waals surface area contributed by atoms with Gasteiger partial charge in [-0.2, -0.15) is 0 Å². The number of esters is 1. The van der Waals surface area contributed by atoms with E-state index >= 15 is 0 Å². The van der Waals surface area contributed by atoms with E-state index in [0.717, 1.165) is 12.3 Å². The summed E-state index contributed by atoms with van der Waals surface area (Å²) in [7, 11) is 1.37. The van der Waals surface area contributed by atoms with Gasteiger partial charge in [-0.3, -0.25) is 8.37 Å². The Morgan fingerprint density at radius 3 is 3.20 bits per heavy atom. The Kier molecular flexibility index (Phi) is 3.14. The average molecular weight is 228 g/mol. The van der Waals surface area contributed by atoms with Crippen LogP contribution in [0.25, 0.3) is 0 Å². The number of hydrogen-bond acceptors (Lipinski definition) is 5. The molecular weight excluding hydrogens is 216 g/mol. The number of carbonyl (C=O) groups excluding carboxylic acids is 1. The predicted octanol–water partition coefficient (Wildman–Crippen LogP) is 1.64. The Morgan fingerprint density at radius 2 is 2.53 bits per heavy atom. The first-order valence-corrected chi connectivity index (χ1v) is 5.33. The first-order chi connectivity index (χ1) is 7.26. The van der Waals surface area contributed by atoms with Crippen molar-refractivity contribution in [3.63, 3.8) is 0 Å². The molecule has 0 aromatic heterocycles. The van der Waals surface area contributed by atoms with Crippen LogP contribution < -0.4 is 0 Å². The lowest BCUT2D eigenvalue weighted by molar-refractivity contribution is -0.136. The second-order valence-corrected chi connectivity index (χ2v) is 4.00. The second kappa shape index (κ2) is 4.38. The molecule has 0 aromatic rings. The third-order valence-electron chi connectivity index (χ3n) is 2.62. The van der Waals surface area contributed by atoms with Gasteiger partial charge in [-0.05, 0) is 12.5 Å². The molecule has 0 spiro atoms. The molecule has 0 saturated carbocycles. The third kappa shape index (κ3) is 1.95. The third-order valence-corrected chi connectivity index (χ3v) is 3.22. The van der Waals surface area contributed by atoms with E-state index in [1.165, 1.54) is 7.11 Å². The van der Waals surface area contributed by atoms with Crippen molar-refractivity contribution in [2.75, 3.05) is 7.11 Å². The zero-order chi connectivity index (χ0) is 10.8. The lowest BCUT2D eigenvalue weighted by atomic mass is 9.85. The fraction of sp³-hybridized carbons (Fsp3) is 0.500. The quantitative estimate of drug-likeness (QED) is 0.408. The monoisotopic (exact) mass is 228 g/mol. The molecule has 1 aliphatic heterocycles. The highest BCUT2D eigenvalue weighted by molar-refractivity contribution is 7.90. The highest BCUT2D eigenvalue weighted by atomic mass is 32.2. The molecule has 0 bridgehead atoms. The van der Waals surface area contributed by atoms with Crippen LogP contribution in [0.1, 0.15) is 6.42 Å². The smallest absolute Gasteiger partial charge is 0.333 e. The molecule has 0 N–H and O–H groups in total. The summed E-state index contributed by atoms with van der Waals surface area (Å²) in [6.07, 6.45) is 3.95. The van der Waals surface area contributed by atoms with Gasteiger partial charge in [-0.15, -0.1) is 6.58 Å². The van der Waals surface area contributed by atoms with E-state index in [4.69, 9.17) is 8.37 Å². The highest BCUT2D eigenvalue weighted by Crippen LogP contribution is 2.38. The summed E-state index contributed by atoms with van der Waals surface area (Å²) >= 11 is 0.975. The van der Waals surface area contributed by atoms with E-state index in [1.807, 2.05) is 0 Å². The summed E-state index contributed by atoms with van der Waals surface area (Å²) in [6, 6.07) is 0. The second-order valence-electron chi connectivity index (χ2n) is 3.48.